The van der Waals surface area contributed by atoms with Gasteiger partial charge >= 0.3 is 0 Å². The number of likely N-dealkylation sites (tertiary alicyclic amines) is 1. The van der Waals surface area contributed by atoms with Crippen LogP contribution in [-0.4, -0.2) is 66.9 Å². The Morgan fingerprint density at radius 3 is 2.32 bits per heavy atom. The number of rotatable bonds is 7. The highest BCUT2D eigenvalue weighted by molar-refractivity contribution is 5.97. The molecule has 0 saturated carbocycles. The predicted octanol–water partition coefficient (Wildman–Crippen LogP) is 1.62. The van der Waals surface area contributed by atoms with Crippen LogP contribution in [0.25, 0.3) is 0 Å². The van der Waals surface area contributed by atoms with Crippen molar-refractivity contribution in [3.8, 4) is 6.07 Å². The summed E-state index contributed by atoms with van der Waals surface area (Å²) in [6.45, 7) is 10.5. The molecule has 1 aliphatic heterocycles. The lowest BCUT2D eigenvalue weighted by atomic mass is 10.0. The maximum atomic E-state index is 12.5. The first-order chi connectivity index (χ1) is 10.5. The molecule has 1 heterocycles. The molecule has 1 rings (SSSR count). The zero-order valence-corrected chi connectivity index (χ0v) is 13.7. The molecule has 0 aliphatic carbocycles. The van der Waals surface area contributed by atoms with Crippen LogP contribution in [0.3, 0.4) is 0 Å². The number of piperidine rings is 1. The van der Waals surface area contributed by atoms with Crippen LogP contribution >= 0.6 is 0 Å². The van der Waals surface area contributed by atoms with Crippen LogP contribution in [0.15, 0.2) is 37.1 Å². The molecule has 0 radical (unpaired) electrons. The summed E-state index contributed by atoms with van der Waals surface area (Å²) in [5.74, 6) is -0.213. The molecule has 0 N–H and O–H groups in total. The van der Waals surface area contributed by atoms with Gasteiger partial charge in [0.1, 0.15) is 11.6 Å². The SMILES string of the molecule is C=CCN(/C=C(/C#N)C(=O)N(C)C1CCN(C)CC1)CC=C. The normalized spacial score (nSPS) is 16.7. The van der Waals surface area contributed by atoms with E-state index in [9.17, 15) is 10.1 Å². The molecule has 5 nitrogen and oxygen atoms in total. The van der Waals surface area contributed by atoms with Crippen molar-refractivity contribution in [1.29, 1.82) is 5.26 Å². The van der Waals surface area contributed by atoms with Crippen molar-refractivity contribution in [2.24, 2.45) is 0 Å². The van der Waals surface area contributed by atoms with Crippen molar-refractivity contribution in [3.63, 3.8) is 0 Å². The fourth-order valence-corrected chi connectivity index (χ4v) is 2.56. The Hall–Kier alpha value is -2.06. The topological polar surface area (TPSA) is 50.6 Å². The lowest BCUT2D eigenvalue weighted by molar-refractivity contribution is -0.128. The highest BCUT2D eigenvalue weighted by Gasteiger charge is 2.26. The molecule has 0 aromatic carbocycles. The Bertz CT molecular complexity index is 460. The highest BCUT2D eigenvalue weighted by atomic mass is 16.2. The molecule has 0 atom stereocenters. The van der Waals surface area contributed by atoms with Crippen LogP contribution in [0.1, 0.15) is 12.8 Å². The minimum Gasteiger partial charge on any atom is -0.369 e. The third-order valence-electron chi connectivity index (χ3n) is 3.95. The second-order valence-corrected chi connectivity index (χ2v) is 5.64. The number of carbonyl (C=O) groups excluding carboxylic acids is 1. The van der Waals surface area contributed by atoms with Crippen molar-refractivity contribution < 1.29 is 4.79 Å². The minimum absolute atomic E-state index is 0.158. The van der Waals surface area contributed by atoms with E-state index < -0.39 is 0 Å². The van der Waals surface area contributed by atoms with E-state index in [1.807, 2.05) is 11.0 Å². The summed E-state index contributed by atoms with van der Waals surface area (Å²) in [5.41, 5.74) is 0.158. The van der Waals surface area contributed by atoms with E-state index in [2.05, 4.69) is 25.1 Å². The number of amides is 1. The monoisotopic (exact) mass is 302 g/mol. The van der Waals surface area contributed by atoms with Crippen LogP contribution in [0, 0.1) is 11.3 Å². The Morgan fingerprint density at radius 1 is 1.32 bits per heavy atom. The molecule has 1 fully saturated rings. The lowest BCUT2D eigenvalue weighted by Crippen LogP contribution is -2.45. The van der Waals surface area contributed by atoms with Gasteiger partial charge in [0.05, 0.1) is 0 Å². The molecule has 22 heavy (non-hydrogen) atoms. The number of hydrogen-bond acceptors (Lipinski definition) is 4. The third-order valence-corrected chi connectivity index (χ3v) is 3.95. The van der Waals surface area contributed by atoms with E-state index in [0.29, 0.717) is 13.1 Å². The molecule has 0 unspecified atom stereocenters. The fourth-order valence-electron chi connectivity index (χ4n) is 2.56. The number of likely N-dealkylation sites (N-methyl/N-ethyl adjacent to an activating group) is 1. The molecular weight excluding hydrogens is 276 g/mol. The molecule has 1 aliphatic rings. The molecule has 0 spiro atoms. The van der Waals surface area contributed by atoms with Crippen molar-refractivity contribution >= 4 is 5.91 Å². The van der Waals surface area contributed by atoms with Crippen molar-refractivity contribution in [3.05, 3.63) is 37.1 Å². The second kappa shape index (κ2) is 9.06. The summed E-state index contributed by atoms with van der Waals surface area (Å²) in [6.07, 6.45) is 6.97. The smallest absolute Gasteiger partial charge is 0.265 e. The standard InChI is InChI=1S/C17H26N4O/c1-5-9-21(10-6-2)14-15(13-18)17(22)20(4)16-7-11-19(3)12-8-16/h5-6,14,16H,1-2,7-12H2,3-4H3/b15-14-. The lowest BCUT2D eigenvalue weighted by Gasteiger charge is -2.35. The maximum absolute atomic E-state index is 12.5. The minimum atomic E-state index is -0.213. The summed E-state index contributed by atoms with van der Waals surface area (Å²) in [6, 6.07) is 2.23. The van der Waals surface area contributed by atoms with Gasteiger partial charge in [-0.3, -0.25) is 4.79 Å². The van der Waals surface area contributed by atoms with Crippen molar-refractivity contribution in [1.82, 2.24) is 14.7 Å². The number of nitrogens with zero attached hydrogens (tertiary/aromatic N) is 4. The fraction of sp³-hybridized carbons (Fsp3) is 0.529. The van der Waals surface area contributed by atoms with E-state index in [1.54, 1.807) is 30.3 Å². The van der Waals surface area contributed by atoms with E-state index in [-0.39, 0.29) is 17.5 Å². The molecule has 0 aromatic heterocycles. The maximum Gasteiger partial charge on any atom is 0.265 e. The zero-order valence-electron chi connectivity index (χ0n) is 13.7. The average molecular weight is 302 g/mol. The first-order valence-electron chi connectivity index (χ1n) is 7.57. The first-order valence-corrected chi connectivity index (χ1v) is 7.57. The van der Waals surface area contributed by atoms with Gasteiger partial charge in [-0.05, 0) is 33.0 Å². The van der Waals surface area contributed by atoms with Gasteiger partial charge in [0.25, 0.3) is 5.91 Å². The van der Waals surface area contributed by atoms with Gasteiger partial charge in [-0.2, -0.15) is 5.26 Å². The summed E-state index contributed by atoms with van der Waals surface area (Å²) in [7, 11) is 3.87. The second-order valence-electron chi connectivity index (χ2n) is 5.64. The first kappa shape index (κ1) is 18.0. The number of carbonyl (C=O) groups is 1. The van der Waals surface area contributed by atoms with E-state index >= 15 is 0 Å². The number of hydrogen-bond donors (Lipinski definition) is 0. The van der Waals surface area contributed by atoms with Crippen LogP contribution in [0.5, 0.6) is 0 Å². The highest BCUT2D eigenvalue weighted by Crippen LogP contribution is 2.16. The van der Waals surface area contributed by atoms with E-state index in [4.69, 9.17) is 0 Å². The molecule has 0 bridgehead atoms. The van der Waals surface area contributed by atoms with Gasteiger partial charge in [0.2, 0.25) is 0 Å². The van der Waals surface area contributed by atoms with Crippen LogP contribution < -0.4 is 0 Å². The van der Waals surface area contributed by atoms with E-state index in [0.717, 1.165) is 25.9 Å². The molecular formula is C17H26N4O. The van der Waals surface area contributed by atoms with Crippen molar-refractivity contribution in [2.45, 2.75) is 18.9 Å². The quantitative estimate of drug-likeness (QED) is 0.407. The van der Waals surface area contributed by atoms with Gasteiger partial charge in [-0.15, -0.1) is 13.2 Å². The van der Waals surface area contributed by atoms with E-state index in [1.165, 1.54) is 0 Å². The molecule has 120 valence electrons. The van der Waals surface area contributed by atoms with Gasteiger partial charge in [-0.1, -0.05) is 12.2 Å². The molecule has 1 saturated heterocycles. The van der Waals surface area contributed by atoms with Gasteiger partial charge < -0.3 is 14.7 Å². The average Bonchev–Trinajstić information content (AvgIpc) is 2.52. The largest absolute Gasteiger partial charge is 0.369 e. The van der Waals surface area contributed by atoms with Gasteiger partial charge in [0, 0.05) is 32.4 Å². The molecule has 5 heteroatoms. The van der Waals surface area contributed by atoms with Crippen LogP contribution in [-0.2, 0) is 4.79 Å². The van der Waals surface area contributed by atoms with Crippen LogP contribution in [0.2, 0.25) is 0 Å². The Kier molecular flexibility index (Phi) is 7.41. The third kappa shape index (κ3) is 5.05. The summed E-state index contributed by atoms with van der Waals surface area (Å²) >= 11 is 0. The number of nitriles is 1. The summed E-state index contributed by atoms with van der Waals surface area (Å²) < 4.78 is 0. The Balaban J connectivity index is 2.79. The van der Waals surface area contributed by atoms with Crippen molar-refractivity contribution in [2.75, 3.05) is 40.3 Å². The van der Waals surface area contributed by atoms with Gasteiger partial charge in [0.15, 0.2) is 0 Å². The summed E-state index contributed by atoms with van der Waals surface area (Å²) in [5, 5.41) is 9.32. The predicted molar refractivity (Wildman–Crippen MR) is 89.0 cm³/mol. The Labute approximate surface area is 133 Å². The Morgan fingerprint density at radius 2 is 1.86 bits per heavy atom. The summed E-state index contributed by atoms with van der Waals surface area (Å²) in [4.78, 5) is 18.4. The molecule has 1 amide bonds. The van der Waals surface area contributed by atoms with Gasteiger partial charge in [-0.25, -0.2) is 0 Å². The van der Waals surface area contributed by atoms with Crippen LogP contribution in [0.4, 0.5) is 0 Å². The molecule has 0 aromatic rings. The zero-order chi connectivity index (χ0) is 16.5.